The van der Waals surface area contributed by atoms with Crippen LogP contribution in [0.5, 0.6) is 5.75 Å². The molecule has 1 aliphatic heterocycles. The van der Waals surface area contributed by atoms with Crippen LogP contribution >= 0.6 is 11.6 Å². The Balaban J connectivity index is 1.71. The summed E-state index contributed by atoms with van der Waals surface area (Å²) in [5, 5.41) is 4.13. The number of rotatable bonds is 7. The van der Waals surface area contributed by atoms with Gasteiger partial charge in [-0.3, -0.25) is 4.90 Å². The molecule has 0 atom stereocenters. The molecule has 1 N–H and O–H groups in total. The maximum Gasteiger partial charge on any atom is 0.138 e. The van der Waals surface area contributed by atoms with Gasteiger partial charge in [0.1, 0.15) is 5.75 Å². The molecule has 118 valence electrons. The first kappa shape index (κ1) is 16.6. The maximum absolute atomic E-state index is 6.23. The number of ether oxygens (including phenoxy) is 2. The lowest BCUT2D eigenvalue weighted by Crippen LogP contribution is -2.40. The zero-order valence-corrected chi connectivity index (χ0v) is 13.7. The van der Waals surface area contributed by atoms with Crippen molar-refractivity contribution in [3.63, 3.8) is 0 Å². The topological polar surface area (TPSA) is 33.7 Å². The standard InChI is InChI=1S/C16H25ClN2O2/c1-13(2)21-16-4-3-14(11-15(16)17)12-18-5-6-19-7-9-20-10-8-19/h3-4,11,13,18H,5-10,12H2,1-2H3. The normalized spacial score (nSPS) is 16.4. The van der Waals surface area contributed by atoms with Gasteiger partial charge in [-0.2, -0.15) is 0 Å². The highest BCUT2D eigenvalue weighted by atomic mass is 35.5. The van der Waals surface area contributed by atoms with E-state index in [0.29, 0.717) is 5.02 Å². The van der Waals surface area contributed by atoms with E-state index in [9.17, 15) is 0 Å². The predicted molar refractivity (Wildman–Crippen MR) is 86.2 cm³/mol. The van der Waals surface area contributed by atoms with E-state index in [0.717, 1.165) is 51.7 Å². The molecule has 0 unspecified atom stereocenters. The van der Waals surface area contributed by atoms with Crippen LogP contribution in [0.4, 0.5) is 0 Å². The van der Waals surface area contributed by atoms with Gasteiger partial charge in [0.25, 0.3) is 0 Å². The lowest BCUT2D eigenvalue weighted by atomic mass is 10.2. The highest BCUT2D eigenvalue weighted by Crippen LogP contribution is 2.26. The zero-order chi connectivity index (χ0) is 15.1. The summed E-state index contributed by atoms with van der Waals surface area (Å²) in [5.41, 5.74) is 1.18. The number of nitrogens with one attached hydrogen (secondary N) is 1. The van der Waals surface area contributed by atoms with E-state index in [1.54, 1.807) is 0 Å². The van der Waals surface area contributed by atoms with E-state index in [4.69, 9.17) is 21.1 Å². The Kier molecular flexibility index (Phi) is 6.77. The van der Waals surface area contributed by atoms with Gasteiger partial charge in [-0.05, 0) is 31.5 Å². The van der Waals surface area contributed by atoms with Crippen LogP contribution in [0.25, 0.3) is 0 Å². The van der Waals surface area contributed by atoms with Gasteiger partial charge in [-0.15, -0.1) is 0 Å². The SMILES string of the molecule is CC(C)Oc1ccc(CNCCN2CCOCC2)cc1Cl. The molecule has 0 bridgehead atoms. The third-order valence-electron chi connectivity index (χ3n) is 3.40. The van der Waals surface area contributed by atoms with Crippen LogP contribution in [-0.4, -0.2) is 50.4 Å². The molecule has 21 heavy (non-hydrogen) atoms. The Hall–Kier alpha value is -0.810. The van der Waals surface area contributed by atoms with Gasteiger partial charge in [0.05, 0.1) is 24.3 Å². The molecule has 1 aromatic carbocycles. The van der Waals surface area contributed by atoms with Crippen LogP contribution in [0.1, 0.15) is 19.4 Å². The van der Waals surface area contributed by atoms with Crippen LogP contribution < -0.4 is 10.1 Å². The molecule has 0 aromatic heterocycles. The number of benzene rings is 1. The minimum Gasteiger partial charge on any atom is -0.489 e. The summed E-state index contributed by atoms with van der Waals surface area (Å²) < 4.78 is 11.0. The van der Waals surface area contributed by atoms with Crippen molar-refractivity contribution in [1.29, 1.82) is 0 Å². The van der Waals surface area contributed by atoms with E-state index in [2.05, 4.69) is 16.3 Å². The molecule has 4 nitrogen and oxygen atoms in total. The number of nitrogens with zero attached hydrogens (tertiary/aromatic N) is 1. The summed E-state index contributed by atoms with van der Waals surface area (Å²) in [6.07, 6.45) is 0.139. The van der Waals surface area contributed by atoms with Gasteiger partial charge in [-0.25, -0.2) is 0 Å². The van der Waals surface area contributed by atoms with Crippen molar-refractivity contribution >= 4 is 11.6 Å². The van der Waals surface area contributed by atoms with Crippen LogP contribution in [0.3, 0.4) is 0 Å². The first-order chi connectivity index (χ1) is 10.1. The van der Waals surface area contributed by atoms with Gasteiger partial charge in [-0.1, -0.05) is 17.7 Å². The fraction of sp³-hybridized carbons (Fsp3) is 0.625. The molecule has 1 heterocycles. The summed E-state index contributed by atoms with van der Waals surface area (Å²) >= 11 is 6.23. The number of hydrogen-bond acceptors (Lipinski definition) is 4. The summed E-state index contributed by atoms with van der Waals surface area (Å²) in [6, 6.07) is 5.98. The number of morpholine rings is 1. The Morgan fingerprint density at radius 3 is 2.76 bits per heavy atom. The van der Waals surface area contributed by atoms with Gasteiger partial charge >= 0.3 is 0 Å². The van der Waals surface area contributed by atoms with Gasteiger partial charge < -0.3 is 14.8 Å². The smallest absolute Gasteiger partial charge is 0.138 e. The van der Waals surface area contributed by atoms with Crippen molar-refractivity contribution in [2.45, 2.75) is 26.5 Å². The quantitative estimate of drug-likeness (QED) is 0.785. The van der Waals surface area contributed by atoms with Crippen molar-refractivity contribution in [2.24, 2.45) is 0 Å². The van der Waals surface area contributed by atoms with Crippen LogP contribution in [0.15, 0.2) is 18.2 Å². The molecule has 5 heteroatoms. The molecule has 0 radical (unpaired) electrons. The van der Waals surface area contributed by atoms with Crippen molar-refractivity contribution < 1.29 is 9.47 Å². The lowest BCUT2D eigenvalue weighted by molar-refractivity contribution is 0.0384. The van der Waals surface area contributed by atoms with Crippen LogP contribution in [0.2, 0.25) is 5.02 Å². The molecule has 1 saturated heterocycles. The minimum absolute atomic E-state index is 0.139. The molecule has 0 amide bonds. The largest absolute Gasteiger partial charge is 0.489 e. The number of halogens is 1. The molecule has 0 saturated carbocycles. The highest BCUT2D eigenvalue weighted by Gasteiger charge is 2.09. The Morgan fingerprint density at radius 2 is 2.10 bits per heavy atom. The van der Waals surface area contributed by atoms with Crippen molar-refractivity contribution in [2.75, 3.05) is 39.4 Å². The highest BCUT2D eigenvalue weighted by molar-refractivity contribution is 6.32. The van der Waals surface area contributed by atoms with E-state index in [1.165, 1.54) is 5.56 Å². The molecule has 1 fully saturated rings. The van der Waals surface area contributed by atoms with E-state index < -0.39 is 0 Å². The zero-order valence-electron chi connectivity index (χ0n) is 12.9. The molecule has 2 rings (SSSR count). The minimum atomic E-state index is 0.139. The first-order valence-corrected chi connectivity index (χ1v) is 7.99. The summed E-state index contributed by atoms with van der Waals surface area (Å²) in [6.45, 7) is 10.6. The van der Waals surface area contributed by atoms with Gasteiger partial charge in [0.15, 0.2) is 0 Å². The second-order valence-corrected chi connectivity index (χ2v) is 5.97. The Morgan fingerprint density at radius 1 is 1.33 bits per heavy atom. The van der Waals surface area contributed by atoms with E-state index in [1.807, 2.05) is 26.0 Å². The van der Waals surface area contributed by atoms with Crippen molar-refractivity contribution in [1.82, 2.24) is 10.2 Å². The second kappa shape index (κ2) is 8.59. The van der Waals surface area contributed by atoms with Gasteiger partial charge in [0.2, 0.25) is 0 Å². The monoisotopic (exact) mass is 312 g/mol. The fourth-order valence-electron chi connectivity index (χ4n) is 2.30. The molecule has 1 aromatic rings. The summed E-state index contributed by atoms with van der Waals surface area (Å²) in [7, 11) is 0. The van der Waals surface area contributed by atoms with Gasteiger partial charge in [0, 0.05) is 32.7 Å². The average Bonchev–Trinajstić information content (AvgIpc) is 2.47. The number of hydrogen-bond donors (Lipinski definition) is 1. The lowest BCUT2D eigenvalue weighted by Gasteiger charge is -2.26. The predicted octanol–water partition coefficient (Wildman–Crippen LogP) is 2.55. The molecular weight excluding hydrogens is 288 g/mol. The summed E-state index contributed by atoms with van der Waals surface area (Å²) in [4.78, 5) is 2.42. The maximum atomic E-state index is 6.23. The third kappa shape index (κ3) is 5.83. The molecule has 0 spiro atoms. The van der Waals surface area contributed by atoms with Crippen LogP contribution in [-0.2, 0) is 11.3 Å². The summed E-state index contributed by atoms with van der Waals surface area (Å²) in [5.74, 6) is 0.753. The molecule has 1 aliphatic rings. The Labute approximate surface area is 132 Å². The second-order valence-electron chi connectivity index (χ2n) is 5.56. The van der Waals surface area contributed by atoms with E-state index in [-0.39, 0.29) is 6.10 Å². The first-order valence-electron chi connectivity index (χ1n) is 7.61. The van der Waals surface area contributed by atoms with Crippen molar-refractivity contribution in [3.05, 3.63) is 28.8 Å². The average molecular weight is 313 g/mol. The van der Waals surface area contributed by atoms with Crippen molar-refractivity contribution in [3.8, 4) is 5.75 Å². The Bertz CT molecular complexity index is 434. The fourth-order valence-corrected chi connectivity index (χ4v) is 2.55. The molecule has 0 aliphatic carbocycles. The third-order valence-corrected chi connectivity index (χ3v) is 3.69. The van der Waals surface area contributed by atoms with E-state index >= 15 is 0 Å². The van der Waals surface area contributed by atoms with Crippen LogP contribution in [0, 0.1) is 0 Å². The molecular formula is C16H25ClN2O2.